The molecule has 0 saturated carbocycles. The molecule has 1 aromatic heterocycles. The number of para-hydroxylation sites is 2. The lowest BCUT2D eigenvalue weighted by atomic mass is 10.2. The second kappa shape index (κ2) is 10.6. The first kappa shape index (κ1) is 23.0. The van der Waals surface area contributed by atoms with Crippen molar-refractivity contribution in [2.75, 3.05) is 6.61 Å². The fourth-order valence-electron chi connectivity index (χ4n) is 3.55. The van der Waals surface area contributed by atoms with Crippen LogP contribution in [0.1, 0.15) is 17.0 Å². The van der Waals surface area contributed by atoms with Gasteiger partial charge in [0.1, 0.15) is 30.1 Å². The summed E-state index contributed by atoms with van der Waals surface area (Å²) in [4.78, 5) is 17.2. The molecule has 0 radical (unpaired) electrons. The maximum Gasteiger partial charge on any atom is 0.227 e. The molecule has 1 atom stereocenters. The molecule has 4 rings (SSSR count). The molecule has 7 nitrogen and oxygen atoms in total. The van der Waals surface area contributed by atoms with Gasteiger partial charge in [-0.3, -0.25) is 4.79 Å². The molecule has 172 valence electrons. The van der Waals surface area contributed by atoms with Crippen molar-refractivity contribution in [3.63, 3.8) is 0 Å². The van der Waals surface area contributed by atoms with Crippen LogP contribution >= 0.6 is 0 Å². The molecular formula is C26H23FN4O3. The van der Waals surface area contributed by atoms with Crippen LogP contribution in [-0.4, -0.2) is 33.3 Å². The first-order chi connectivity index (χ1) is 16.5. The van der Waals surface area contributed by atoms with Crippen molar-refractivity contribution < 1.29 is 19.0 Å². The summed E-state index contributed by atoms with van der Waals surface area (Å²) in [6.45, 7) is 0.506. The van der Waals surface area contributed by atoms with Gasteiger partial charge in [-0.1, -0.05) is 24.3 Å². The zero-order valence-corrected chi connectivity index (χ0v) is 18.3. The van der Waals surface area contributed by atoms with E-state index in [0.717, 1.165) is 16.6 Å². The SMILES string of the molecule is N#Cc1ccc(OCC(O)Cn2c(CC(=O)NCc3ccc(F)cc3)nc3ccccc32)cc1. The largest absolute Gasteiger partial charge is 0.491 e. The Hall–Kier alpha value is -4.22. The minimum Gasteiger partial charge on any atom is -0.491 e. The molecule has 2 N–H and O–H groups in total. The molecule has 0 saturated heterocycles. The van der Waals surface area contributed by atoms with Gasteiger partial charge >= 0.3 is 0 Å². The lowest BCUT2D eigenvalue weighted by molar-refractivity contribution is -0.120. The Bertz CT molecular complexity index is 1310. The van der Waals surface area contributed by atoms with Crippen LogP contribution < -0.4 is 10.1 Å². The monoisotopic (exact) mass is 458 g/mol. The van der Waals surface area contributed by atoms with Crippen molar-refractivity contribution in [1.82, 2.24) is 14.9 Å². The Labute approximate surface area is 196 Å². The number of halogens is 1. The third kappa shape index (κ3) is 5.77. The lowest BCUT2D eigenvalue weighted by Gasteiger charge is -2.16. The first-order valence-corrected chi connectivity index (χ1v) is 10.8. The molecule has 0 aliphatic rings. The molecule has 3 aromatic carbocycles. The van der Waals surface area contributed by atoms with Crippen LogP contribution in [0.2, 0.25) is 0 Å². The maximum absolute atomic E-state index is 13.1. The molecule has 8 heteroatoms. The fourth-order valence-corrected chi connectivity index (χ4v) is 3.55. The van der Waals surface area contributed by atoms with E-state index in [0.29, 0.717) is 17.1 Å². The molecule has 4 aromatic rings. The Kier molecular flexibility index (Phi) is 7.16. The smallest absolute Gasteiger partial charge is 0.227 e. The molecule has 1 amide bonds. The summed E-state index contributed by atoms with van der Waals surface area (Å²) < 4.78 is 20.5. The van der Waals surface area contributed by atoms with Gasteiger partial charge in [0.25, 0.3) is 0 Å². The van der Waals surface area contributed by atoms with Crippen molar-refractivity contribution in [3.05, 3.63) is 95.6 Å². The number of imidazole rings is 1. The average Bonchev–Trinajstić information content (AvgIpc) is 3.19. The number of hydrogen-bond donors (Lipinski definition) is 2. The summed E-state index contributed by atoms with van der Waals surface area (Å²) in [7, 11) is 0. The van der Waals surface area contributed by atoms with Crippen LogP contribution in [0.15, 0.2) is 72.8 Å². The molecule has 0 bridgehead atoms. The number of aromatic nitrogens is 2. The number of rotatable bonds is 9. The van der Waals surface area contributed by atoms with E-state index in [1.54, 1.807) is 36.4 Å². The molecule has 0 aliphatic heterocycles. The summed E-state index contributed by atoms with van der Waals surface area (Å²) >= 11 is 0. The van der Waals surface area contributed by atoms with Crippen molar-refractivity contribution >= 4 is 16.9 Å². The average molecular weight is 458 g/mol. The van der Waals surface area contributed by atoms with E-state index in [9.17, 15) is 14.3 Å². The number of carbonyl (C=O) groups excluding carboxylic acids is 1. The van der Waals surface area contributed by atoms with Gasteiger partial charge in [0.15, 0.2) is 0 Å². The van der Waals surface area contributed by atoms with E-state index in [2.05, 4.69) is 10.3 Å². The van der Waals surface area contributed by atoms with Gasteiger partial charge < -0.3 is 19.7 Å². The quantitative estimate of drug-likeness (QED) is 0.401. The Morgan fingerprint density at radius 1 is 1.12 bits per heavy atom. The number of aliphatic hydroxyl groups excluding tert-OH is 1. The summed E-state index contributed by atoms with van der Waals surface area (Å²) in [5.74, 6) is 0.513. The topological polar surface area (TPSA) is 100 Å². The summed E-state index contributed by atoms with van der Waals surface area (Å²) in [6, 6.07) is 22.1. The number of fused-ring (bicyclic) bond motifs is 1. The molecule has 1 unspecified atom stereocenters. The highest BCUT2D eigenvalue weighted by Gasteiger charge is 2.17. The number of amides is 1. The highest BCUT2D eigenvalue weighted by Crippen LogP contribution is 2.18. The number of nitrogens with one attached hydrogen (secondary N) is 1. The van der Waals surface area contributed by atoms with Gasteiger partial charge in [0, 0.05) is 6.54 Å². The third-order valence-electron chi connectivity index (χ3n) is 5.27. The molecule has 0 fully saturated rings. The van der Waals surface area contributed by atoms with Crippen LogP contribution in [-0.2, 0) is 24.3 Å². The predicted molar refractivity (Wildman–Crippen MR) is 124 cm³/mol. The maximum atomic E-state index is 13.1. The Balaban J connectivity index is 1.42. The predicted octanol–water partition coefficient (Wildman–Crippen LogP) is 3.35. The third-order valence-corrected chi connectivity index (χ3v) is 5.27. The van der Waals surface area contributed by atoms with Gasteiger partial charge in [-0.25, -0.2) is 9.37 Å². The molecule has 0 spiro atoms. The number of nitriles is 1. The van der Waals surface area contributed by atoms with Crippen molar-refractivity contribution in [1.29, 1.82) is 5.26 Å². The summed E-state index contributed by atoms with van der Waals surface area (Å²) in [6.07, 6.45) is -0.826. The van der Waals surface area contributed by atoms with Crippen LogP contribution in [0.4, 0.5) is 4.39 Å². The van der Waals surface area contributed by atoms with Gasteiger partial charge in [-0.15, -0.1) is 0 Å². The number of nitrogens with zero attached hydrogens (tertiary/aromatic N) is 3. The van der Waals surface area contributed by atoms with Gasteiger partial charge in [-0.2, -0.15) is 5.26 Å². The molecular weight excluding hydrogens is 435 g/mol. The second-order valence-electron chi connectivity index (χ2n) is 7.81. The minimum absolute atomic E-state index is 0.0269. The normalized spacial score (nSPS) is 11.7. The van der Waals surface area contributed by atoms with E-state index in [1.807, 2.05) is 34.9 Å². The van der Waals surface area contributed by atoms with Gasteiger partial charge in [0.2, 0.25) is 5.91 Å². The second-order valence-corrected chi connectivity index (χ2v) is 7.81. The van der Waals surface area contributed by atoms with E-state index < -0.39 is 6.10 Å². The van der Waals surface area contributed by atoms with E-state index in [1.165, 1.54) is 12.1 Å². The van der Waals surface area contributed by atoms with Crippen LogP contribution in [0.3, 0.4) is 0 Å². The van der Waals surface area contributed by atoms with E-state index in [4.69, 9.17) is 10.00 Å². The lowest BCUT2D eigenvalue weighted by Crippen LogP contribution is -2.28. The van der Waals surface area contributed by atoms with Gasteiger partial charge in [0.05, 0.1) is 35.6 Å². The molecule has 34 heavy (non-hydrogen) atoms. The highest BCUT2D eigenvalue weighted by molar-refractivity contribution is 5.81. The number of carbonyl (C=O) groups is 1. The van der Waals surface area contributed by atoms with Crippen LogP contribution in [0, 0.1) is 17.1 Å². The molecule has 0 aliphatic carbocycles. The highest BCUT2D eigenvalue weighted by atomic mass is 19.1. The zero-order valence-electron chi connectivity index (χ0n) is 18.3. The van der Waals surface area contributed by atoms with Gasteiger partial charge in [-0.05, 0) is 54.1 Å². The van der Waals surface area contributed by atoms with Crippen LogP contribution in [0.25, 0.3) is 11.0 Å². The number of ether oxygens (including phenoxy) is 1. The molecule has 1 heterocycles. The van der Waals surface area contributed by atoms with Crippen molar-refractivity contribution in [2.45, 2.75) is 25.6 Å². The fraction of sp³-hybridized carbons (Fsp3) is 0.192. The number of aliphatic hydroxyl groups is 1. The number of hydrogen-bond acceptors (Lipinski definition) is 5. The van der Waals surface area contributed by atoms with Crippen molar-refractivity contribution in [2.24, 2.45) is 0 Å². The van der Waals surface area contributed by atoms with Crippen molar-refractivity contribution in [3.8, 4) is 11.8 Å². The standard InChI is InChI=1S/C26H23FN4O3/c27-20-9-5-19(6-10-20)15-29-26(33)13-25-30-23-3-1-2-4-24(23)31(25)16-21(32)17-34-22-11-7-18(14-28)8-12-22/h1-12,21,32H,13,15-17H2,(H,29,33). The Morgan fingerprint density at radius 2 is 1.85 bits per heavy atom. The van der Waals surface area contributed by atoms with Crippen LogP contribution in [0.5, 0.6) is 5.75 Å². The van der Waals surface area contributed by atoms with E-state index >= 15 is 0 Å². The van der Waals surface area contributed by atoms with E-state index in [-0.39, 0.29) is 37.8 Å². The summed E-state index contributed by atoms with van der Waals surface area (Å²) in [5.41, 5.74) is 2.85. The number of benzene rings is 3. The summed E-state index contributed by atoms with van der Waals surface area (Å²) in [5, 5.41) is 22.3. The Morgan fingerprint density at radius 3 is 2.59 bits per heavy atom. The first-order valence-electron chi connectivity index (χ1n) is 10.8. The minimum atomic E-state index is -0.853. The zero-order chi connectivity index (χ0) is 23.9.